The SMILES string of the molecule is N#Cc1ccc(C2=NCCN2)cc1. The van der Waals surface area contributed by atoms with Crippen molar-refractivity contribution in [1.29, 1.82) is 5.26 Å². The van der Waals surface area contributed by atoms with E-state index in [0.29, 0.717) is 5.56 Å². The van der Waals surface area contributed by atoms with Gasteiger partial charge in [-0.1, -0.05) is 0 Å². The van der Waals surface area contributed by atoms with Crippen LogP contribution in [0, 0.1) is 11.3 Å². The molecule has 0 saturated heterocycles. The number of hydrogen-bond donors (Lipinski definition) is 1. The molecule has 0 bridgehead atoms. The molecule has 64 valence electrons. The molecule has 1 aliphatic rings. The van der Waals surface area contributed by atoms with Crippen molar-refractivity contribution in [2.75, 3.05) is 13.1 Å². The van der Waals surface area contributed by atoms with E-state index in [1.54, 1.807) is 12.1 Å². The van der Waals surface area contributed by atoms with Crippen LogP contribution in [0.25, 0.3) is 0 Å². The van der Waals surface area contributed by atoms with Gasteiger partial charge in [-0.15, -0.1) is 0 Å². The average Bonchev–Trinajstić information content (AvgIpc) is 2.71. The Kier molecular flexibility index (Phi) is 1.97. The fourth-order valence-electron chi connectivity index (χ4n) is 1.29. The lowest BCUT2D eigenvalue weighted by Crippen LogP contribution is -2.19. The number of benzene rings is 1. The smallest absolute Gasteiger partial charge is 0.128 e. The number of hydrogen-bond acceptors (Lipinski definition) is 3. The Morgan fingerprint density at radius 3 is 2.62 bits per heavy atom. The van der Waals surface area contributed by atoms with Crippen molar-refractivity contribution in [2.45, 2.75) is 0 Å². The molecule has 0 atom stereocenters. The molecule has 0 radical (unpaired) electrons. The van der Waals surface area contributed by atoms with Crippen LogP contribution in [-0.4, -0.2) is 18.9 Å². The minimum Gasteiger partial charge on any atom is -0.368 e. The minimum absolute atomic E-state index is 0.683. The van der Waals surface area contributed by atoms with Gasteiger partial charge in [-0.05, 0) is 24.3 Å². The Balaban J connectivity index is 2.28. The van der Waals surface area contributed by atoms with E-state index in [4.69, 9.17) is 5.26 Å². The van der Waals surface area contributed by atoms with Gasteiger partial charge in [-0.3, -0.25) is 4.99 Å². The zero-order chi connectivity index (χ0) is 9.10. The van der Waals surface area contributed by atoms with Crippen molar-refractivity contribution in [3.05, 3.63) is 35.4 Å². The first kappa shape index (κ1) is 7.81. The fraction of sp³-hybridized carbons (Fsp3) is 0.200. The summed E-state index contributed by atoms with van der Waals surface area (Å²) in [5, 5.41) is 11.8. The Bertz CT molecular complexity index is 370. The van der Waals surface area contributed by atoms with Crippen LogP contribution in [0.2, 0.25) is 0 Å². The summed E-state index contributed by atoms with van der Waals surface area (Å²) < 4.78 is 0. The van der Waals surface area contributed by atoms with Crippen LogP contribution in [0.1, 0.15) is 11.1 Å². The van der Waals surface area contributed by atoms with Crippen LogP contribution < -0.4 is 5.32 Å². The van der Waals surface area contributed by atoms with Gasteiger partial charge in [0.2, 0.25) is 0 Å². The van der Waals surface area contributed by atoms with Crippen molar-refractivity contribution in [3.8, 4) is 6.07 Å². The van der Waals surface area contributed by atoms with Crippen molar-refractivity contribution in [2.24, 2.45) is 4.99 Å². The number of amidine groups is 1. The summed E-state index contributed by atoms with van der Waals surface area (Å²) in [6, 6.07) is 9.52. The van der Waals surface area contributed by atoms with Gasteiger partial charge in [0, 0.05) is 12.1 Å². The van der Waals surface area contributed by atoms with E-state index in [1.165, 1.54) is 0 Å². The van der Waals surface area contributed by atoms with Crippen LogP contribution in [0.3, 0.4) is 0 Å². The van der Waals surface area contributed by atoms with Gasteiger partial charge in [0.1, 0.15) is 5.84 Å². The molecule has 0 aromatic heterocycles. The zero-order valence-electron chi connectivity index (χ0n) is 7.12. The van der Waals surface area contributed by atoms with Crippen molar-refractivity contribution in [1.82, 2.24) is 5.32 Å². The van der Waals surface area contributed by atoms with E-state index in [9.17, 15) is 0 Å². The predicted octanol–water partition coefficient (Wildman–Crippen LogP) is 0.908. The Hall–Kier alpha value is -1.82. The first-order valence-corrected chi connectivity index (χ1v) is 4.19. The molecule has 1 aliphatic heterocycles. The van der Waals surface area contributed by atoms with E-state index in [-0.39, 0.29) is 0 Å². The molecule has 3 heteroatoms. The Morgan fingerprint density at radius 1 is 1.31 bits per heavy atom. The van der Waals surface area contributed by atoms with Gasteiger partial charge in [-0.25, -0.2) is 0 Å². The maximum Gasteiger partial charge on any atom is 0.128 e. The molecule has 2 rings (SSSR count). The normalized spacial score (nSPS) is 14.5. The third-order valence-electron chi connectivity index (χ3n) is 1.96. The standard InChI is InChI=1S/C10H9N3/c11-7-8-1-3-9(4-2-8)10-12-5-6-13-10/h1-4H,5-6H2,(H,12,13). The third kappa shape index (κ3) is 1.52. The monoisotopic (exact) mass is 171 g/mol. The third-order valence-corrected chi connectivity index (χ3v) is 1.96. The van der Waals surface area contributed by atoms with Crippen molar-refractivity contribution < 1.29 is 0 Å². The summed E-state index contributed by atoms with van der Waals surface area (Å²) in [5.41, 5.74) is 1.74. The highest BCUT2D eigenvalue weighted by Gasteiger charge is 2.06. The molecule has 0 unspecified atom stereocenters. The maximum atomic E-state index is 8.60. The van der Waals surface area contributed by atoms with Gasteiger partial charge >= 0.3 is 0 Å². The molecule has 0 aliphatic carbocycles. The predicted molar refractivity (Wildman–Crippen MR) is 50.6 cm³/mol. The highest BCUT2D eigenvalue weighted by molar-refractivity contribution is 5.99. The van der Waals surface area contributed by atoms with Gasteiger partial charge in [0.25, 0.3) is 0 Å². The Morgan fingerprint density at radius 2 is 2.08 bits per heavy atom. The zero-order valence-corrected chi connectivity index (χ0v) is 7.12. The lowest BCUT2D eigenvalue weighted by atomic mass is 10.1. The van der Waals surface area contributed by atoms with E-state index in [1.807, 2.05) is 12.1 Å². The van der Waals surface area contributed by atoms with Crippen LogP contribution in [0.5, 0.6) is 0 Å². The summed E-state index contributed by atoms with van der Waals surface area (Å²) in [6.45, 7) is 1.75. The lowest BCUT2D eigenvalue weighted by molar-refractivity contribution is 0.960. The van der Waals surface area contributed by atoms with E-state index in [0.717, 1.165) is 24.5 Å². The molecule has 13 heavy (non-hydrogen) atoms. The highest BCUT2D eigenvalue weighted by atomic mass is 15.1. The van der Waals surface area contributed by atoms with Gasteiger partial charge in [-0.2, -0.15) is 5.26 Å². The molecular formula is C10H9N3. The summed E-state index contributed by atoms with van der Waals surface area (Å²) in [6.07, 6.45) is 0. The average molecular weight is 171 g/mol. The highest BCUT2D eigenvalue weighted by Crippen LogP contribution is 2.05. The van der Waals surface area contributed by atoms with Crippen LogP contribution in [0.4, 0.5) is 0 Å². The second-order valence-electron chi connectivity index (χ2n) is 2.85. The van der Waals surface area contributed by atoms with Gasteiger partial charge in [0.05, 0.1) is 18.2 Å². The topological polar surface area (TPSA) is 48.2 Å². The number of rotatable bonds is 1. The van der Waals surface area contributed by atoms with Crippen LogP contribution >= 0.6 is 0 Å². The molecule has 3 nitrogen and oxygen atoms in total. The summed E-state index contributed by atoms with van der Waals surface area (Å²) in [7, 11) is 0. The van der Waals surface area contributed by atoms with E-state index < -0.39 is 0 Å². The minimum atomic E-state index is 0.683. The molecule has 1 heterocycles. The first-order chi connectivity index (χ1) is 6.40. The maximum absolute atomic E-state index is 8.60. The first-order valence-electron chi connectivity index (χ1n) is 4.19. The summed E-state index contributed by atoms with van der Waals surface area (Å²) >= 11 is 0. The molecular weight excluding hydrogens is 162 g/mol. The van der Waals surface area contributed by atoms with Gasteiger partial charge in [0.15, 0.2) is 0 Å². The number of nitrogens with one attached hydrogen (secondary N) is 1. The van der Waals surface area contributed by atoms with E-state index >= 15 is 0 Å². The number of aliphatic imine (C=N–C) groups is 1. The van der Waals surface area contributed by atoms with E-state index in [2.05, 4.69) is 16.4 Å². The number of nitriles is 1. The molecule has 0 fully saturated rings. The summed E-state index contributed by atoms with van der Waals surface area (Å²) in [4.78, 5) is 4.28. The van der Waals surface area contributed by atoms with Crippen LogP contribution in [-0.2, 0) is 0 Å². The van der Waals surface area contributed by atoms with Gasteiger partial charge < -0.3 is 5.32 Å². The summed E-state index contributed by atoms with van der Waals surface area (Å²) in [5.74, 6) is 0.935. The number of nitrogens with zero attached hydrogens (tertiary/aromatic N) is 2. The Labute approximate surface area is 76.7 Å². The van der Waals surface area contributed by atoms with Crippen molar-refractivity contribution >= 4 is 5.84 Å². The lowest BCUT2D eigenvalue weighted by Gasteiger charge is -2.00. The molecule has 0 amide bonds. The second-order valence-corrected chi connectivity index (χ2v) is 2.85. The largest absolute Gasteiger partial charge is 0.368 e. The quantitative estimate of drug-likeness (QED) is 0.682. The second kappa shape index (κ2) is 3.28. The molecule has 1 aromatic carbocycles. The molecule has 1 N–H and O–H groups in total. The van der Waals surface area contributed by atoms with Crippen LogP contribution in [0.15, 0.2) is 29.3 Å². The fourth-order valence-corrected chi connectivity index (χ4v) is 1.29. The molecule has 0 saturated carbocycles. The molecule has 1 aromatic rings. The van der Waals surface area contributed by atoms with Crippen molar-refractivity contribution in [3.63, 3.8) is 0 Å². The molecule has 0 spiro atoms.